The van der Waals surface area contributed by atoms with Gasteiger partial charge in [0.1, 0.15) is 11.4 Å². The number of Topliss-reactive ketones (excluding diaryl/α,β-unsaturated/α-hetero) is 1. The SMILES string of the molecule is C/C(=C\C=C/[C@@H](C)[C@@]1(C)C[C@H]2O[C@@]23[C@]1(C)CCC(=O)[C@@]31CC[C@H]2C(C)(C)[C@@H](O)CC[C@@]21C)C(=O)O. The number of aliphatic carboxylic acids is 1. The Hall–Kier alpha value is -1.46. The zero-order chi connectivity index (χ0) is 25.8. The summed E-state index contributed by atoms with van der Waals surface area (Å²) in [6.07, 6.45) is 11.3. The normalized spacial score (nSPS) is 51.3. The van der Waals surface area contributed by atoms with Crippen LogP contribution in [0.5, 0.6) is 0 Å². The minimum Gasteiger partial charge on any atom is -0.478 e. The summed E-state index contributed by atoms with van der Waals surface area (Å²) < 4.78 is 6.79. The summed E-state index contributed by atoms with van der Waals surface area (Å²) in [5.74, 6) is 0.0328. The number of hydrogen-bond acceptors (Lipinski definition) is 4. The van der Waals surface area contributed by atoms with Gasteiger partial charge in [0.25, 0.3) is 0 Å². The Bertz CT molecular complexity index is 1030. The molecule has 0 unspecified atom stereocenters. The van der Waals surface area contributed by atoms with Crippen molar-refractivity contribution in [2.75, 3.05) is 0 Å². The maximum atomic E-state index is 14.2. The minimum atomic E-state index is -0.896. The summed E-state index contributed by atoms with van der Waals surface area (Å²) in [6, 6.07) is 0. The number of ether oxygens (including phenoxy) is 1. The van der Waals surface area contributed by atoms with Crippen molar-refractivity contribution in [3.05, 3.63) is 23.8 Å². The Kier molecular flexibility index (Phi) is 5.26. The van der Waals surface area contributed by atoms with Crippen LogP contribution in [0.3, 0.4) is 0 Å². The molecule has 1 saturated heterocycles. The number of carboxylic acids is 1. The summed E-state index contributed by atoms with van der Waals surface area (Å²) >= 11 is 0. The van der Waals surface area contributed by atoms with Crippen molar-refractivity contribution < 1.29 is 24.5 Å². The van der Waals surface area contributed by atoms with Crippen molar-refractivity contribution in [2.24, 2.45) is 38.9 Å². The van der Waals surface area contributed by atoms with Crippen LogP contribution in [0.15, 0.2) is 23.8 Å². The summed E-state index contributed by atoms with van der Waals surface area (Å²) in [5.41, 5.74) is -1.17. The highest BCUT2D eigenvalue weighted by molar-refractivity contribution is 5.90. The molecule has 4 aliphatic carbocycles. The van der Waals surface area contributed by atoms with E-state index in [2.05, 4.69) is 47.6 Å². The van der Waals surface area contributed by atoms with Crippen LogP contribution in [0.4, 0.5) is 0 Å². The zero-order valence-corrected chi connectivity index (χ0v) is 22.6. The molecule has 0 aromatic heterocycles. The fourth-order valence-corrected chi connectivity index (χ4v) is 10.3. The standard InChI is InChI=1S/C30H44O5/c1-18(24(33)34)9-8-10-19(2)27(6)17-23-30(35-23)28(27,7)15-13-22(32)29(30)16-11-20-25(3,4)21(31)12-14-26(20,29)5/h8-10,19-21,23,31H,11-17H2,1-7H3,(H,33,34)/b10-8-,18-9+/t19-,20+,21+,23-,26+,27-,28-,29-,30-/m1/s1. The van der Waals surface area contributed by atoms with Crippen LogP contribution in [0, 0.1) is 38.9 Å². The predicted octanol–water partition coefficient (Wildman–Crippen LogP) is 5.71. The van der Waals surface area contributed by atoms with Gasteiger partial charge in [0.05, 0.1) is 17.6 Å². The maximum absolute atomic E-state index is 14.2. The number of hydrogen-bond donors (Lipinski definition) is 2. The second-order valence-electron chi connectivity index (χ2n) is 13.8. The molecule has 5 fully saturated rings. The van der Waals surface area contributed by atoms with Gasteiger partial charge in [-0.2, -0.15) is 0 Å². The Morgan fingerprint density at radius 3 is 2.46 bits per heavy atom. The van der Waals surface area contributed by atoms with E-state index in [0.717, 1.165) is 38.5 Å². The Morgan fingerprint density at radius 2 is 1.80 bits per heavy atom. The lowest BCUT2D eigenvalue weighted by molar-refractivity contribution is -0.195. The van der Waals surface area contributed by atoms with Crippen LogP contribution in [-0.2, 0) is 14.3 Å². The molecule has 2 spiro atoms. The largest absolute Gasteiger partial charge is 0.478 e. The summed E-state index contributed by atoms with van der Waals surface area (Å²) in [7, 11) is 0. The molecule has 1 heterocycles. The van der Waals surface area contributed by atoms with E-state index in [0.29, 0.717) is 23.7 Å². The maximum Gasteiger partial charge on any atom is 0.331 e. The first-order valence-corrected chi connectivity index (χ1v) is 13.6. The first-order chi connectivity index (χ1) is 16.2. The molecule has 5 heteroatoms. The molecule has 5 aliphatic rings. The number of carbonyl (C=O) groups is 2. The lowest BCUT2D eigenvalue weighted by Gasteiger charge is -2.63. The second-order valence-corrected chi connectivity index (χ2v) is 13.8. The molecule has 0 aromatic rings. The minimum absolute atomic E-state index is 0.0524. The van der Waals surface area contributed by atoms with Crippen molar-refractivity contribution in [2.45, 2.75) is 111 Å². The molecular formula is C30H44O5. The highest BCUT2D eigenvalue weighted by atomic mass is 16.6. The topological polar surface area (TPSA) is 87.1 Å². The quantitative estimate of drug-likeness (QED) is 0.303. The van der Waals surface area contributed by atoms with Crippen LogP contribution >= 0.6 is 0 Å². The predicted molar refractivity (Wildman–Crippen MR) is 135 cm³/mol. The van der Waals surface area contributed by atoms with Crippen LogP contribution in [0.2, 0.25) is 0 Å². The van der Waals surface area contributed by atoms with Gasteiger partial charge < -0.3 is 14.9 Å². The first kappa shape index (κ1) is 25.2. The molecule has 0 amide bonds. The van der Waals surface area contributed by atoms with Crippen LogP contribution in [0.1, 0.15) is 93.4 Å². The molecule has 194 valence electrons. The average molecular weight is 485 g/mol. The molecule has 0 radical (unpaired) electrons. The number of aliphatic hydroxyl groups excluding tert-OH is 1. The van der Waals surface area contributed by atoms with Gasteiger partial charge in [0.2, 0.25) is 0 Å². The van der Waals surface area contributed by atoms with Gasteiger partial charge in [-0.1, -0.05) is 59.8 Å². The summed E-state index contributed by atoms with van der Waals surface area (Å²) in [6.45, 7) is 15.4. The monoisotopic (exact) mass is 484 g/mol. The van der Waals surface area contributed by atoms with Gasteiger partial charge in [-0.3, -0.25) is 4.79 Å². The van der Waals surface area contributed by atoms with Gasteiger partial charge in [-0.15, -0.1) is 0 Å². The third kappa shape index (κ3) is 2.67. The van der Waals surface area contributed by atoms with E-state index in [4.69, 9.17) is 4.74 Å². The molecule has 5 rings (SSSR count). The lowest BCUT2D eigenvalue weighted by atomic mass is 9.40. The van der Waals surface area contributed by atoms with E-state index in [-0.39, 0.29) is 39.8 Å². The fraction of sp³-hybridized carbons (Fsp3) is 0.800. The number of allylic oxidation sites excluding steroid dienone is 3. The number of rotatable bonds is 4. The number of carboxylic acid groups (broad SMARTS) is 1. The van der Waals surface area contributed by atoms with Crippen LogP contribution in [0.25, 0.3) is 0 Å². The molecule has 1 aliphatic heterocycles. The van der Waals surface area contributed by atoms with Crippen LogP contribution < -0.4 is 0 Å². The van der Waals surface area contributed by atoms with Crippen molar-refractivity contribution in [1.29, 1.82) is 0 Å². The molecule has 0 bridgehead atoms. The molecule has 0 aromatic carbocycles. The lowest BCUT2D eigenvalue weighted by Crippen LogP contribution is -2.67. The Morgan fingerprint density at radius 1 is 1.11 bits per heavy atom. The Labute approximate surface area is 210 Å². The molecule has 2 N–H and O–H groups in total. The summed E-state index contributed by atoms with van der Waals surface area (Å²) in [5, 5.41) is 20.1. The average Bonchev–Trinajstić information content (AvgIpc) is 3.33. The summed E-state index contributed by atoms with van der Waals surface area (Å²) in [4.78, 5) is 25.4. The number of carbonyl (C=O) groups excluding carboxylic acids is 1. The molecule has 9 atom stereocenters. The smallest absolute Gasteiger partial charge is 0.331 e. The van der Waals surface area contributed by atoms with E-state index in [1.54, 1.807) is 13.0 Å². The van der Waals surface area contributed by atoms with Gasteiger partial charge in [0.15, 0.2) is 0 Å². The highest BCUT2D eigenvalue weighted by Crippen LogP contribution is 2.86. The number of ketones is 1. The number of epoxide rings is 1. The number of fused-ring (bicyclic) bond motifs is 2. The van der Waals surface area contributed by atoms with Crippen molar-refractivity contribution in [3.63, 3.8) is 0 Å². The third-order valence-electron chi connectivity index (χ3n) is 12.7. The third-order valence-corrected chi connectivity index (χ3v) is 12.7. The van der Waals surface area contributed by atoms with E-state index < -0.39 is 17.0 Å². The highest BCUT2D eigenvalue weighted by Gasteiger charge is 2.91. The molecule has 5 nitrogen and oxygen atoms in total. The zero-order valence-electron chi connectivity index (χ0n) is 22.6. The first-order valence-electron chi connectivity index (χ1n) is 13.6. The van der Waals surface area contributed by atoms with E-state index >= 15 is 0 Å². The van der Waals surface area contributed by atoms with Gasteiger partial charge in [-0.25, -0.2) is 4.79 Å². The van der Waals surface area contributed by atoms with Gasteiger partial charge in [-0.05, 0) is 73.5 Å². The van der Waals surface area contributed by atoms with E-state index in [9.17, 15) is 19.8 Å². The van der Waals surface area contributed by atoms with Crippen molar-refractivity contribution in [1.82, 2.24) is 0 Å². The fourth-order valence-electron chi connectivity index (χ4n) is 10.3. The van der Waals surface area contributed by atoms with E-state index in [1.165, 1.54) is 0 Å². The second kappa shape index (κ2) is 7.31. The van der Waals surface area contributed by atoms with Gasteiger partial charge >= 0.3 is 5.97 Å². The van der Waals surface area contributed by atoms with Crippen LogP contribution in [-0.4, -0.2) is 39.8 Å². The van der Waals surface area contributed by atoms with Crippen molar-refractivity contribution in [3.8, 4) is 0 Å². The van der Waals surface area contributed by atoms with E-state index in [1.807, 2.05) is 6.08 Å². The van der Waals surface area contributed by atoms with Gasteiger partial charge in [0, 0.05) is 17.4 Å². The molecular weight excluding hydrogens is 440 g/mol. The number of aliphatic hydroxyl groups is 1. The molecule has 4 saturated carbocycles. The van der Waals surface area contributed by atoms with Crippen molar-refractivity contribution >= 4 is 11.8 Å². The Balaban J connectivity index is 1.56. The molecule has 35 heavy (non-hydrogen) atoms.